The van der Waals surface area contributed by atoms with E-state index >= 15 is 0 Å². The van der Waals surface area contributed by atoms with Crippen LogP contribution in [0.15, 0.2) is 40.8 Å². The van der Waals surface area contributed by atoms with Crippen LogP contribution < -0.4 is 5.32 Å². The van der Waals surface area contributed by atoms with Crippen LogP contribution in [0.1, 0.15) is 21.9 Å². The largest absolute Gasteiger partial charge is 0.508 e. The van der Waals surface area contributed by atoms with Crippen molar-refractivity contribution in [1.29, 1.82) is 0 Å². The predicted octanol–water partition coefficient (Wildman–Crippen LogP) is 2.70. The molecule has 1 heterocycles. The van der Waals surface area contributed by atoms with Gasteiger partial charge in [0.25, 0.3) is 5.91 Å². The minimum absolute atomic E-state index is 0.233. The topological polar surface area (TPSA) is 62.5 Å². The minimum Gasteiger partial charge on any atom is -0.508 e. The molecule has 0 aliphatic rings. The molecule has 1 aromatic carbocycles. The Kier molecular flexibility index (Phi) is 4.47. The highest BCUT2D eigenvalue weighted by atomic mass is 35.5. The number of phenols is 1. The summed E-state index contributed by atoms with van der Waals surface area (Å²) < 4.78 is 5.24. The first kappa shape index (κ1) is 13.5. The highest BCUT2D eigenvalue weighted by Gasteiger charge is 2.09. The van der Waals surface area contributed by atoms with Crippen molar-refractivity contribution in [3.8, 4) is 5.75 Å². The third kappa shape index (κ3) is 3.76. The maximum atomic E-state index is 11.7. The van der Waals surface area contributed by atoms with Gasteiger partial charge in [0.15, 0.2) is 5.76 Å². The lowest BCUT2D eigenvalue weighted by molar-refractivity contribution is 0.0925. The van der Waals surface area contributed by atoms with Gasteiger partial charge in [-0.3, -0.25) is 4.79 Å². The van der Waals surface area contributed by atoms with Crippen LogP contribution in [0.3, 0.4) is 0 Å². The summed E-state index contributed by atoms with van der Waals surface area (Å²) in [5, 5.41) is 11.9. The van der Waals surface area contributed by atoms with Gasteiger partial charge < -0.3 is 14.8 Å². The summed E-state index contributed by atoms with van der Waals surface area (Å²) in [6.45, 7) is 0.501. The van der Waals surface area contributed by atoms with Gasteiger partial charge in [-0.15, -0.1) is 11.6 Å². The molecule has 0 bridgehead atoms. The number of rotatable bonds is 5. The van der Waals surface area contributed by atoms with Crippen molar-refractivity contribution in [3.05, 3.63) is 53.5 Å². The monoisotopic (exact) mass is 279 g/mol. The summed E-state index contributed by atoms with van der Waals surface area (Å²) in [6, 6.07) is 10.2. The van der Waals surface area contributed by atoms with Crippen LogP contribution in [-0.2, 0) is 12.3 Å². The second-order valence-corrected chi connectivity index (χ2v) is 4.34. The normalized spacial score (nSPS) is 10.4. The van der Waals surface area contributed by atoms with E-state index in [9.17, 15) is 4.79 Å². The first-order valence-corrected chi connectivity index (χ1v) is 6.43. The molecule has 19 heavy (non-hydrogen) atoms. The molecule has 0 spiro atoms. The van der Waals surface area contributed by atoms with E-state index in [0.29, 0.717) is 18.7 Å². The summed E-state index contributed by atoms with van der Waals surface area (Å²) in [6.07, 6.45) is 0.690. The first-order valence-electron chi connectivity index (χ1n) is 5.90. The van der Waals surface area contributed by atoms with Crippen LogP contribution in [0.4, 0.5) is 0 Å². The molecule has 0 saturated carbocycles. The molecule has 0 fully saturated rings. The Hall–Kier alpha value is -1.94. The lowest BCUT2D eigenvalue weighted by atomic mass is 10.1. The number of carbonyl (C=O) groups is 1. The van der Waals surface area contributed by atoms with E-state index in [1.807, 2.05) is 12.1 Å². The minimum atomic E-state index is -0.254. The fourth-order valence-electron chi connectivity index (χ4n) is 1.64. The van der Waals surface area contributed by atoms with E-state index in [1.165, 1.54) is 0 Å². The summed E-state index contributed by atoms with van der Waals surface area (Å²) in [5.74, 6) is 1.07. The van der Waals surface area contributed by atoms with Gasteiger partial charge in [-0.2, -0.15) is 0 Å². The van der Waals surface area contributed by atoms with Crippen LogP contribution >= 0.6 is 11.6 Å². The van der Waals surface area contributed by atoms with E-state index in [2.05, 4.69) is 5.32 Å². The van der Waals surface area contributed by atoms with E-state index in [0.717, 1.165) is 5.56 Å². The maximum Gasteiger partial charge on any atom is 0.287 e. The van der Waals surface area contributed by atoms with E-state index < -0.39 is 0 Å². The molecular weight excluding hydrogens is 266 g/mol. The van der Waals surface area contributed by atoms with Crippen molar-refractivity contribution >= 4 is 17.5 Å². The fraction of sp³-hybridized carbons (Fsp3) is 0.214. The fourth-order valence-corrected chi connectivity index (χ4v) is 1.79. The molecule has 5 heteroatoms. The van der Waals surface area contributed by atoms with Gasteiger partial charge in [0.2, 0.25) is 0 Å². The first-order chi connectivity index (χ1) is 9.19. The molecule has 0 saturated heterocycles. The molecule has 2 aromatic rings. The van der Waals surface area contributed by atoms with Crippen LogP contribution in [0.25, 0.3) is 0 Å². The Morgan fingerprint density at radius 2 is 1.95 bits per heavy atom. The summed E-state index contributed by atoms with van der Waals surface area (Å²) in [5.41, 5.74) is 1.04. The lowest BCUT2D eigenvalue weighted by Crippen LogP contribution is -2.25. The number of hydrogen-bond acceptors (Lipinski definition) is 3. The van der Waals surface area contributed by atoms with Crippen molar-refractivity contribution < 1.29 is 14.3 Å². The summed E-state index contributed by atoms with van der Waals surface area (Å²) in [4.78, 5) is 11.7. The third-order valence-electron chi connectivity index (χ3n) is 2.65. The van der Waals surface area contributed by atoms with Crippen LogP contribution in [0.5, 0.6) is 5.75 Å². The molecule has 0 aliphatic carbocycles. The zero-order valence-electron chi connectivity index (χ0n) is 10.2. The third-order valence-corrected chi connectivity index (χ3v) is 2.92. The van der Waals surface area contributed by atoms with Gasteiger partial charge in [-0.1, -0.05) is 12.1 Å². The van der Waals surface area contributed by atoms with E-state index in [1.54, 1.807) is 24.3 Å². The zero-order valence-corrected chi connectivity index (χ0v) is 11.0. The number of benzene rings is 1. The highest BCUT2D eigenvalue weighted by molar-refractivity contribution is 6.16. The molecule has 4 nitrogen and oxygen atoms in total. The van der Waals surface area contributed by atoms with Gasteiger partial charge in [0, 0.05) is 6.54 Å². The van der Waals surface area contributed by atoms with E-state index in [-0.39, 0.29) is 23.3 Å². The van der Waals surface area contributed by atoms with Crippen molar-refractivity contribution in [2.45, 2.75) is 12.3 Å². The van der Waals surface area contributed by atoms with Crippen LogP contribution in [0.2, 0.25) is 0 Å². The second-order valence-electron chi connectivity index (χ2n) is 4.07. The predicted molar refractivity (Wildman–Crippen MR) is 72.4 cm³/mol. The van der Waals surface area contributed by atoms with Crippen molar-refractivity contribution in [2.24, 2.45) is 0 Å². The highest BCUT2D eigenvalue weighted by Crippen LogP contribution is 2.11. The molecule has 0 atom stereocenters. The Morgan fingerprint density at radius 1 is 1.21 bits per heavy atom. The van der Waals surface area contributed by atoms with Gasteiger partial charge in [0.1, 0.15) is 11.5 Å². The average molecular weight is 280 g/mol. The van der Waals surface area contributed by atoms with Gasteiger partial charge in [-0.25, -0.2) is 0 Å². The number of amides is 1. The van der Waals surface area contributed by atoms with Gasteiger partial charge >= 0.3 is 0 Å². The number of furan rings is 1. The molecule has 100 valence electrons. The molecule has 1 aromatic heterocycles. The number of alkyl halides is 1. The van der Waals surface area contributed by atoms with Crippen LogP contribution in [-0.4, -0.2) is 17.6 Å². The number of hydrogen-bond donors (Lipinski definition) is 2. The molecular formula is C14H14ClNO3. The smallest absolute Gasteiger partial charge is 0.287 e. The summed E-state index contributed by atoms with van der Waals surface area (Å²) in [7, 11) is 0. The average Bonchev–Trinajstić information content (AvgIpc) is 2.90. The lowest BCUT2D eigenvalue weighted by Gasteiger charge is -2.03. The quantitative estimate of drug-likeness (QED) is 0.827. The van der Waals surface area contributed by atoms with Crippen molar-refractivity contribution in [2.75, 3.05) is 6.54 Å². The zero-order chi connectivity index (χ0) is 13.7. The number of nitrogens with one attached hydrogen (secondary N) is 1. The number of halogens is 1. The molecule has 2 N–H and O–H groups in total. The van der Waals surface area contributed by atoms with Crippen LogP contribution in [0, 0.1) is 0 Å². The second kappa shape index (κ2) is 6.29. The maximum absolute atomic E-state index is 11.7. The molecule has 0 aliphatic heterocycles. The SMILES string of the molecule is O=C(NCCc1ccc(O)cc1)c1ccc(CCl)o1. The molecule has 1 amide bonds. The number of phenolic OH excluding ortho intramolecular Hbond substituents is 1. The van der Waals surface area contributed by atoms with Gasteiger partial charge in [0.05, 0.1) is 5.88 Å². The van der Waals surface area contributed by atoms with Crippen molar-refractivity contribution in [3.63, 3.8) is 0 Å². The van der Waals surface area contributed by atoms with Gasteiger partial charge in [-0.05, 0) is 36.2 Å². The van der Waals surface area contributed by atoms with Crippen molar-refractivity contribution in [1.82, 2.24) is 5.32 Å². The Bertz CT molecular complexity index is 548. The number of carbonyl (C=O) groups excluding carboxylic acids is 1. The standard InChI is InChI=1S/C14H14ClNO3/c15-9-12-5-6-13(19-12)14(18)16-8-7-10-1-3-11(17)4-2-10/h1-6,17H,7-9H2,(H,16,18). The summed E-state index contributed by atoms with van der Waals surface area (Å²) >= 11 is 5.60. The van der Waals surface area contributed by atoms with E-state index in [4.69, 9.17) is 21.1 Å². The Balaban J connectivity index is 1.82. The molecule has 0 unspecified atom stereocenters. The Labute approximate surface area is 116 Å². The molecule has 2 rings (SSSR count). The Morgan fingerprint density at radius 3 is 2.58 bits per heavy atom. The number of aromatic hydroxyl groups is 1. The molecule has 0 radical (unpaired) electrons.